The molecule has 0 saturated heterocycles. The molecule has 0 aliphatic carbocycles. The first-order valence-electron chi connectivity index (χ1n) is 8.73. The minimum Gasteiger partial charge on any atom is -0.356 e. The Hall–Kier alpha value is -1.68. The van der Waals surface area contributed by atoms with Gasteiger partial charge in [0.05, 0.1) is 0 Å². The monoisotopic (exact) mass is 562 g/mol. The van der Waals surface area contributed by atoms with E-state index in [2.05, 4.69) is 36.9 Å². The summed E-state index contributed by atoms with van der Waals surface area (Å²) in [6.45, 7) is 3.02. The molecule has 0 aliphatic rings. The van der Waals surface area contributed by atoms with Crippen LogP contribution in [0.15, 0.2) is 51.9 Å². The topological polar surface area (TPSA) is 65.5 Å². The Labute approximate surface area is 190 Å². The standard InChI is InChI=1S/C20H24BrFN4O.HI/c1-14-6-7-16(21)13-18(14)26-19(27)9-11-25-20(23-2)24-10-8-15-4-3-5-17(22)12-15;/h3-7,12-13H,8-11H2,1-2H3,(H,26,27)(H2,23,24,25);1H. The van der Waals surface area contributed by atoms with Crippen molar-refractivity contribution in [3.63, 3.8) is 0 Å². The molecule has 0 heterocycles. The van der Waals surface area contributed by atoms with E-state index in [0.717, 1.165) is 21.3 Å². The van der Waals surface area contributed by atoms with Crippen molar-refractivity contribution in [3.05, 3.63) is 63.9 Å². The highest BCUT2D eigenvalue weighted by atomic mass is 127. The molecule has 0 saturated carbocycles. The smallest absolute Gasteiger partial charge is 0.226 e. The van der Waals surface area contributed by atoms with Crippen molar-refractivity contribution in [1.82, 2.24) is 10.6 Å². The molecule has 8 heteroatoms. The van der Waals surface area contributed by atoms with Gasteiger partial charge in [-0.15, -0.1) is 24.0 Å². The summed E-state index contributed by atoms with van der Waals surface area (Å²) in [7, 11) is 1.67. The number of hydrogen-bond acceptors (Lipinski definition) is 2. The Morgan fingerprint density at radius 2 is 1.89 bits per heavy atom. The Balaban J connectivity index is 0.00000392. The highest BCUT2D eigenvalue weighted by Gasteiger charge is 2.06. The van der Waals surface area contributed by atoms with E-state index in [1.54, 1.807) is 13.1 Å². The zero-order chi connectivity index (χ0) is 19.6. The first-order chi connectivity index (χ1) is 13.0. The fraction of sp³-hybridized carbons (Fsp3) is 0.300. The summed E-state index contributed by atoms with van der Waals surface area (Å²) in [5.74, 6) is 0.304. The Morgan fingerprint density at radius 3 is 2.61 bits per heavy atom. The van der Waals surface area contributed by atoms with Crippen LogP contribution in [0.25, 0.3) is 0 Å². The van der Waals surface area contributed by atoms with Gasteiger partial charge in [0.1, 0.15) is 5.82 Å². The highest BCUT2D eigenvalue weighted by molar-refractivity contribution is 14.0. The summed E-state index contributed by atoms with van der Waals surface area (Å²) in [6, 6.07) is 12.3. The largest absolute Gasteiger partial charge is 0.356 e. The van der Waals surface area contributed by atoms with Gasteiger partial charge in [0.25, 0.3) is 0 Å². The second-order valence-electron chi connectivity index (χ2n) is 6.06. The average molecular weight is 563 g/mol. The predicted octanol–water partition coefficient (Wildman–Crippen LogP) is 4.25. The van der Waals surface area contributed by atoms with E-state index >= 15 is 0 Å². The lowest BCUT2D eigenvalue weighted by molar-refractivity contribution is -0.116. The van der Waals surface area contributed by atoms with Crippen LogP contribution < -0.4 is 16.0 Å². The number of amides is 1. The van der Waals surface area contributed by atoms with Crippen molar-refractivity contribution in [2.24, 2.45) is 4.99 Å². The number of guanidine groups is 1. The molecule has 0 aromatic heterocycles. The summed E-state index contributed by atoms with van der Waals surface area (Å²) >= 11 is 3.40. The predicted molar refractivity (Wildman–Crippen MR) is 127 cm³/mol. The lowest BCUT2D eigenvalue weighted by atomic mass is 10.1. The third-order valence-corrected chi connectivity index (χ3v) is 4.43. The number of carbonyl (C=O) groups excluding carboxylic acids is 1. The summed E-state index contributed by atoms with van der Waals surface area (Å²) in [4.78, 5) is 16.2. The zero-order valence-electron chi connectivity index (χ0n) is 15.9. The number of nitrogens with zero attached hydrogens (tertiary/aromatic N) is 1. The molecule has 0 aliphatic heterocycles. The summed E-state index contributed by atoms with van der Waals surface area (Å²) in [6.07, 6.45) is 0.998. The van der Waals surface area contributed by atoms with Crippen LogP contribution in [0.5, 0.6) is 0 Å². The molecule has 5 nitrogen and oxygen atoms in total. The van der Waals surface area contributed by atoms with E-state index in [-0.39, 0.29) is 35.7 Å². The molecule has 2 aromatic carbocycles. The SMILES string of the molecule is CN=C(NCCC(=O)Nc1cc(Br)ccc1C)NCCc1cccc(F)c1.I. The molecule has 3 N–H and O–H groups in total. The summed E-state index contributed by atoms with van der Waals surface area (Å²) in [5.41, 5.74) is 2.73. The van der Waals surface area contributed by atoms with Gasteiger partial charge in [0.15, 0.2) is 5.96 Å². The van der Waals surface area contributed by atoms with Gasteiger partial charge in [-0.05, 0) is 48.7 Å². The Bertz CT molecular complexity index is 817. The lowest BCUT2D eigenvalue weighted by Crippen LogP contribution is -2.39. The number of aliphatic imine (C=N–C) groups is 1. The molecule has 1 amide bonds. The number of rotatable bonds is 7. The fourth-order valence-corrected chi connectivity index (χ4v) is 2.84. The van der Waals surface area contributed by atoms with Crippen molar-refractivity contribution >= 4 is 57.5 Å². The van der Waals surface area contributed by atoms with Crippen molar-refractivity contribution in [2.75, 3.05) is 25.5 Å². The number of carbonyl (C=O) groups is 1. The summed E-state index contributed by atoms with van der Waals surface area (Å²) < 4.78 is 14.1. The van der Waals surface area contributed by atoms with Crippen LogP contribution in [0.3, 0.4) is 0 Å². The molecule has 28 heavy (non-hydrogen) atoms. The molecule has 0 unspecified atom stereocenters. The van der Waals surface area contributed by atoms with Gasteiger partial charge in [-0.2, -0.15) is 0 Å². The molecule has 152 valence electrons. The van der Waals surface area contributed by atoms with Crippen LogP contribution in [0.1, 0.15) is 17.5 Å². The first-order valence-corrected chi connectivity index (χ1v) is 9.52. The highest BCUT2D eigenvalue weighted by Crippen LogP contribution is 2.20. The van der Waals surface area contributed by atoms with Crippen LogP contribution >= 0.6 is 39.9 Å². The van der Waals surface area contributed by atoms with Crippen molar-refractivity contribution < 1.29 is 9.18 Å². The van der Waals surface area contributed by atoms with Crippen LogP contribution in [0, 0.1) is 12.7 Å². The molecule has 2 rings (SSSR count). The number of aryl methyl sites for hydroxylation is 1. The second kappa shape index (κ2) is 12.7. The van der Waals surface area contributed by atoms with Gasteiger partial charge in [-0.1, -0.05) is 34.1 Å². The molecule has 0 bridgehead atoms. The fourth-order valence-electron chi connectivity index (χ4n) is 2.47. The Morgan fingerprint density at radius 1 is 1.14 bits per heavy atom. The summed E-state index contributed by atoms with van der Waals surface area (Å²) in [5, 5.41) is 9.17. The minimum absolute atomic E-state index is 0. The quantitative estimate of drug-likeness (QED) is 0.268. The number of anilines is 1. The maximum Gasteiger partial charge on any atom is 0.226 e. The molecule has 0 radical (unpaired) electrons. The van der Waals surface area contributed by atoms with E-state index < -0.39 is 0 Å². The van der Waals surface area contributed by atoms with Crippen LogP contribution in [0.4, 0.5) is 10.1 Å². The van der Waals surface area contributed by atoms with Gasteiger partial charge >= 0.3 is 0 Å². The third-order valence-electron chi connectivity index (χ3n) is 3.94. The first kappa shape index (κ1) is 24.4. The van der Waals surface area contributed by atoms with E-state index in [0.29, 0.717) is 31.9 Å². The van der Waals surface area contributed by atoms with Crippen molar-refractivity contribution in [2.45, 2.75) is 19.8 Å². The second-order valence-corrected chi connectivity index (χ2v) is 6.98. The van der Waals surface area contributed by atoms with E-state index in [1.165, 1.54) is 12.1 Å². The zero-order valence-corrected chi connectivity index (χ0v) is 19.8. The van der Waals surface area contributed by atoms with Gasteiger partial charge in [0, 0.05) is 36.7 Å². The number of benzene rings is 2. The molecule has 0 atom stereocenters. The van der Waals surface area contributed by atoms with Crippen LogP contribution in [-0.2, 0) is 11.2 Å². The van der Waals surface area contributed by atoms with E-state index in [1.807, 2.05) is 31.2 Å². The third kappa shape index (κ3) is 8.55. The molecule has 2 aromatic rings. The van der Waals surface area contributed by atoms with Crippen molar-refractivity contribution in [3.8, 4) is 0 Å². The van der Waals surface area contributed by atoms with E-state index in [9.17, 15) is 9.18 Å². The Kier molecular flexibility index (Phi) is 11.1. The number of nitrogens with one attached hydrogen (secondary N) is 3. The van der Waals surface area contributed by atoms with Gasteiger partial charge < -0.3 is 16.0 Å². The van der Waals surface area contributed by atoms with Crippen LogP contribution in [-0.4, -0.2) is 32.0 Å². The van der Waals surface area contributed by atoms with Gasteiger partial charge in [0.2, 0.25) is 5.91 Å². The van der Waals surface area contributed by atoms with Crippen molar-refractivity contribution in [1.29, 1.82) is 0 Å². The molecular formula is C20H25BrFIN4O. The normalized spacial score (nSPS) is 10.8. The van der Waals surface area contributed by atoms with Crippen LogP contribution in [0.2, 0.25) is 0 Å². The van der Waals surface area contributed by atoms with Gasteiger partial charge in [-0.3, -0.25) is 9.79 Å². The van der Waals surface area contributed by atoms with E-state index in [4.69, 9.17) is 0 Å². The number of halogens is 3. The average Bonchev–Trinajstić information content (AvgIpc) is 2.63. The maximum absolute atomic E-state index is 13.2. The minimum atomic E-state index is -0.235. The molecular weight excluding hydrogens is 538 g/mol. The maximum atomic E-state index is 13.2. The molecule has 0 fully saturated rings. The van der Waals surface area contributed by atoms with Gasteiger partial charge in [-0.25, -0.2) is 4.39 Å². The lowest BCUT2D eigenvalue weighted by Gasteiger charge is -2.12. The molecule has 0 spiro atoms. The number of hydrogen-bond donors (Lipinski definition) is 3.